The molecule has 0 unspecified atom stereocenters. The molecular formula is C25H32O5S. The van der Waals surface area contributed by atoms with Crippen LogP contribution < -0.4 is 0 Å². The largest absolute Gasteiger partial charge is 0.453 e. The first-order valence-electron chi connectivity index (χ1n) is 11.3. The summed E-state index contributed by atoms with van der Waals surface area (Å²) in [6.45, 7) is 5.35. The first kappa shape index (κ1) is 22.3. The molecule has 2 aliphatic rings. The minimum atomic E-state index is -3.90. The molecule has 1 aromatic heterocycles. The molecule has 0 radical (unpaired) electrons. The number of fused-ring (bicyclic) bond motifs is 1. The highest BCUT2D eigenvalue weighted by atomic mass is 32.2. The molecule has 0 bridgehead atoms. The molecule has 1 fully saturated rings. The number of aliphatic hydroxyl groups is 1. The lowest BCUT2D eigenvalue weighted by molar-refractivity contribution is -0.116. The molecule has 6 heteroatoms. The zero-order valence-electron chi connectivity index (χ0n) is 18.6. The number of sulfone groups is 1. The number of Topliss-reactive ketones (excluding diaryl/α,β-unsaturated/α-hetero) is 1. The molecule has 0 amide bonds. The van der Waals surface area contributed by atoms with E-state index >= 15 is 0 Å². The number of carbonyl (C=O) groups excluding carboxylic acids is 1. The van der Waals surface area contributed by atoms with Crippen LogP contribution in [0.5, 0.6) is 0 Å². The molecular weight excluding hydrogens is 412 g/mol. The Morgan fingerprint density at radius 3 is 2.58 bits per heavy atom. The van der Waals surface area contributed by atoms with E-state index in [0.29, 0.717) is 17.4 Å². The lowest BCUT2D eigenvalue weighted by Gasteiger charge is -2.33. The molecule has 0 spiro atoms. The van der Waals surface area contributed by atoms with Crippen molar-refractivity contribution in [3.8, 4) is 0 Å². The Labute approximate surface area is 184 Å². The molecule has 0 aliphatic heterocycles. The van der Waals surface area contributed by atoms with Crippen LogP contribution in [0.3, 0.4) is 0 Å². The van der Waals surface area contributed by atoms with Gasteiger partial charge in [0.1, 0.15) is 5.75 Å². The second kappa shape index (κ2) is 8.21. The van der Waals surface area contributed by atoms with Gasteiger partial charge in [0.2, 0.25) is 14.9 Å². The Bertz CT molecular complexity index is 1080. The predicted octanol–water partition coefficient (Wildman–Crippen LogP) is 4.48. The summed E-state index contributed by atoms with van der Waals surface area (Å²) in [5.41, 5.74) is 4.01. The van der Waals surface area contributed by atoms with Crippen LogP contribution in [0, 0.1) is 5.92 Å². The predicted molar refractivity (Wildman–Crippen MR) is 119 cm³/mol. The van der Waals surface area contributed by atoms with E-state index in [4.69, 9.17) is 4.42 Å². The maximum absolute atomic E-state index is 13.0. The van der Waals surface area contributed by atoms with E-state index in [2.05, 4.69) is 19.1 Å². The fourth-order valence-electron chi connectivity index (χ4n) is 4.92. The van der Waals surface area contributed by atoms with Crippen molar-refractivity contribution >= 4 is 15.6 Å². The van der Waals surface area contributed by atoms with Crippen LogP contribution in [-0.2, 0) is 39.5 Å². The molecule has 2 aromatic rings. The molecule has 1 N–H and O–H groups in total. The van der Waals surface area contributed by atoms with Crippen molar-refractivity contribution in [1.82, 2.24) is 0 Å². The van der Waals surface area contributed by atoms with Crippen LogP contribution in [0.25, 0.3) is 0 Å². The maximum atomic E-state index is 13.0. The quantitative estimate of drug-likeness (QED) is 0.649. The molecule has 1 heterocycles. The third-order valence-electron chi connectivity index (χ3n) is 7.10. The number of hydrogen-bond donors (Lipinski definition) is 1. The first-order valence-corrected chi connectivity index (χ1v) is 12.9. The lowest BCUT2D eigenvalue weighted by Crippen LogP contribution is -2.22. The summed E-state index contributed by atoms with van der Waals surface area (Å²) in [6.07, 6.45) is 8.17. The smallest absolute Gasteiger partial charge is 0.218 e. The summed E-state index contributed by atoms with van der Waals surface area (Å²) in [6, 6.07) is 5.69. The van der Waals surface area contributed by atoms with Crippen molar-refractivity contribution in [2.75, 3.05) is 5.75 Å². The van der Waals surface area contributed by atoms with Gasteiger partial charge in [-0.25, -0.2) is 8.42 Å². The SMILES string of the molecule is C[C@H](c1ccc2c(c1CC(=O)CS(=O)(=O)c1cc(C(C)(C)O)co1)CCC2)C1CCC1. The van der Waals surface area contributed by atoms with Gasteiger partial charge in [-0.15, -0.1) is 0 Å². The summed E-state index contributed by atoms with van der Waals surface area (Å²) in [7, 11) is -3.90. The van der Waals surface area contributed by atoms with Crippen molar-refractivity contribution in [3.05, 3.63) is 52.3 Å². The van der Waals surface area contributed by atoms with E-state index in [0.717, 1.165) is 24.8 Å². The molecule has 168 valence electrons. The molecule has 0 saturated heterocycles. The zero-order chi connectivity index (χ0) is 22.4. The third kappa shape index (κ3) is 4.51. The summed E-state index contributed by atoms with van der Waals surface area (Å²) in [4.78, 5) is 13.0. The first-order chi connectivity index (χ1) is 14.6. The van der Waals surface area contributed by atoms with Crippen molar-refractivity contribution < 1.29 is 22.7 Å². The minimum absolute atomic E-state index is 0.147. The van der Waals surface area contributed by atoms with Crippen LogP contribution >= 0.6 is 0 Å². The Hall–Kier alpha value is -1.92. The van der Waals surface area contributed by atoms with Gasteiger partial charge < -0.3 is 9.52 Å². The van der Waals surface area contributed by atoms with E-state index in [1.807, 2.05) is 0 Å². The van der Waals surface area contributed by atoms with Crippen molar-refractivity contribution in [2.45, 2.75) is 82.3 Å². The number of aryl methyl sites for hydroxylation is 1. The summed E-state index contributed by atoms with van der Waals surface area (Å²) >= 11 is 0. The number of furan rings is 1. The Balaban J connectivity index is 1.57. The molecule has 1 aromatic carbocycles. The maximum Gasteiger partial charge on any atom is 0.218 e. The van der Waals surface area contributed by atoms with Gasteiger partial charge in [0.05, 0.1) is 11.9 Å². The topological polar surface area (TPSA) is 84.6 Å². The number of carbonyl (C=O) groups is 1. The number of hydrogen-bond acceptors (Lipinski definition) is 5. The minimum Gasteiger partial charge on any atom is -0.453 e. The Morgan fingerprint density at radius 2 is 1.97 bits per heavy atom. The van der Waals surface area contributed by atoms with Crippen LogP contribution in [0.1, 0.15) is 80.2 Å². The van der Waals surface area contributed by atoms with Gasteiger partial charge in [-0.2, -0.15) is 0 Å². The Morgan fingerprint density at radius 1 is 1.23 bits per heavy atom. The molecule has 1 saturated carbocycles. The third-order valence-corrected chi connectivity index (χ3v) is 8.63. The van der Waals surface area contributed by atoms with Crippen LogP contribution in [-0.4, -0.2) is 25.1 Å². The van der Waals surface area contributed by atoms with Crippen LogP contribution in [0.2, 0.25) is 0 Å². The van der Waals surface area contributed by atoms with Crippen molar-refractivity contribution in [3.63, 3.8) is 0 Å². The second-order valence-electron chi connectivity index (χ2n) is 9.79. The number of rotatable bonds is 8. The van der Waals surface area contributed by atoms with Crippen LogP contribution in [0.4, 0.5) is 0 Å². The molecule has 31 heavy (non-hydrogen) atoms. The van der Waals surface area contributed by atoms with Gasteiger partial charge in [0, 0.05) is 18.1 Å². The van der Waals surface area contributed by atoms with Crippen molar-refractivity contribution in [2.24, 2.45) is 5.92 Å². The van der Waals surface area contributed by atoms with E-state index < -0.39 is 21.2 Å². The highest BCUT2D eigenvalue weighted by molar-refractivity contribution is 7.92. The van der Waals surface area contributed by atoms with E-state index in [1.165, 1.54) is 48.3 Å². The average molecular weight is 445 g/mol. The normalized spacial score (nSPS) is 17.9. The van der Waals surface area contributed by atoms with Gasteiger partial charge in [-0.05, 0) is 80.0 Å². The fourth-order valence-corrected chi connectivity index (χ4v) is 6.09. The summed E-state index contributed by atoms with van der Waals surface area (Å²) in [5, 5.41) is 9.80. The van der Waals surface area contributed by atoms with E-state index in [1.54, 1.807) is 13.8 Å². The second-order valence-corrected chi connectivity index (χ2v) is 11.7. The molecule has 5 nitrogen and oxygen atoms in total. The lowest BCUT2D eigenvalue weighted by atomic mass is 9.72. The van der Waals surface area contributed by atoms with Gasteiger partial charge in [-0.3, -0.25) is 4.79 Å². The fraction of sp³-hybridized carbons (Fsp3) is 0.560. The van der Waals surface area contributed by atoms with Gasteiger partial charge in [0.25, 0.3) is 0 Å². The Kier molecular flexibility index (Phi) is 5.90. The molecule has 4 rings (SSSR count). The van der Waals surface area contributed by atoms with E-state index in [-0.39, 0.29) is 17.3 Å². The monoisotopic (exact) mass is 444 g/mol. The standard InChI is InChI=1S/C25H32O5S/c1-16(17-6-4-7-17)21-11-10-18-8-5-9-22(18)23(21)13-20(26)15-31(28,29)24-12-19(14-30-24)25(2,3)27/h10-12,14,16-17,27H,4-9,13,15H2,1-3H3/t16-/m0/s1. The van der Waals surface area contributed by atoms with Gasteiger partial charge in [-0.1, -0.05) is 25.5 Å². The summed E-state index contributed by atoms with van der Waals surface area (Å²) in [5.74, 6) is 0.134. The van der Waals surface area contributed by atoms with E-state index in [9.17, 15) is 18.3 Å². The number of benzene rings is 1. The molecule has 1 atom stereocenters. The summed E-state index contributed by atoms with van der Waals surface area (Å²) < 4.78 is 30.8. The average Bonchev–Trinajstić information content (AvgIpc) is 3.29. The highest BCUT2D eigenvalue weighted by Gasteiger charge is 2.31. The highest BCUT2D eigenvalue weighted by Crippen LogP contribution is 2.42. The zero-order valence-corrected chi connectivity index (χ0v) is 19.4. The van der Waals surface area contributed by atoms with Gasteiger partial charge in [0.15, 0.2) is 5.78 Å². The van der Waals surface area contributed by atoms with Crippen molar-refractivity contribution in [1.29, 1.82) is 0 Å². The van der Waals surface area contributed by atoms with Gasteiger partial charge >= 0.3 is 0 Å². The number of ketones is 1. The van der Waals surface area contributed by atoms with Crippen LogP contribution in [0.15, 0.2) is 34.0 Å². The molecule has 2 aliphatic carbocycles.